The molecule has 2 rings (SSSR count). The summed E-state index contributed by atoms with van der Waals surface area (Å²) in [5, 5.41) is 5.42. The highest BCUT2D eigenvalue weighted by Crippen LogP contribution is 2.35. The highest BCUT2D eigenvalue weighted by atomic mass is 32.1. The number of hydrogen-bond donors (Lipinski definition) is 1. The van der Waals surface area contributed by atoms with Crippen LogP contribution in [0.4, 0.5) is 13.2 Å². The average molecular weight is 321 g/mol. The Kier molecular flexibility index (Phi) is 5.46. The molecule has 2 heterocycles. The Labute approximate surface area is 124 Å². The molecule has 0 aliphatic rings. The summed E-state index contributed by atoms with van der Waals surface area (Å²) in [6, 6.07) is 4.23. The minimum Gasteiger partial charge on any atom is -0.309 e. The SMILES string of the molecule is CCCNC(CCCC(F)(F)F)c1cc2sccc2s1. The van der Waals surface area contributed by atoms with E-state index in [0.29, 0.717) is 6.42 Å². The second kappa shape index (κ2) is 6.91. The summed E-state index contributed by atoms with van der Waals surface area (Å²) in [6.45, 7) is 2.90. The molecule has 1 atom stereocenters. The fourth-order valence-corrected chi connectivity index (χ4v) is 4.36. The lowest BCUT2D eigenvalue weighted by Crippen LogP contribution is -2.22. The Balaban J connectivity index is 2.00. The van der Waals surface area contributed by atoms with E-state index in [1.165, 1.54) is 9.40 Å². The molecule has 0 aromatic carbocycles. The van der Waals surface area contributed by atoms with Crippen molar-refractivity contribution < 1.29 is 13.2 Å². The van der Waals surface area contributed by atoms with Crippen molar-refractivity contribution in [1.82, 2.24) is 5.32 Å². The molecular weight excluding hydrogens is 303 g/mol. The third-order valence-corrected chi connectivity index (χ3v) is 5.30. The van der Waals surface area contributed by atoms with E-state index in [4.69, 9.17) is 0 Å². The number of hydrogen-bond acceptors (Lipinski definition) is 3. The van der Waals surface area contributed by atoms with Gasteiger partial charge in [-0.05, 0) is 43.3 Å². The molecular formula is C14H18F3NS2. The van der Waals surface area contributed by atoms with Crippen molar-refractivity contribution in [2.24, 2.45) is 0 Å². The molecule has 0 saturated carbocycles. The molecule has 0 aliphatic carbocycles. The maximum absolute atomic E-state index is 12.3. The zero-order chi connectivity index (χ0) is 14.6. The van der Waals surface area contributed by atoms with E-state index < -0.39 is 12.6 Å². The summed E-state index contributed by atoms with van der Waals surface area (Å²) in [5.41, 5.74) is 0. The van der Waals surface area contributed by atoms with Gasteiger partial charge in [-0.2, -0.15) is 13.2 Å². The second-order valence-corrected chi connectivity index (χ2v) is 6.88. The van der Waals surface area contributed by atoms with Crippen molar-refractivity contribution in [3.63, 3.8) is 0 Å². The molecule has 0 bridgehead atoms. The van der Waals surface area contributed by atoms with Gasteiger partial charge in [0.05, 0.1) is 0 Å². The number of thiophene rings is 2. The Morgan fingerprint density at radius 3 is 2.75 bits per heavy atom. The predicted molar refractivity (Wildman–Crippen MR) is 80.6 cm³/mol. The minimum absolute atomic E-state index is 0.0434. The van der Waals surface area contributed by atoms with Gasteiger partial charge in [-0.1, -0.05) is 6.92 Å². The first-order chi connectivity index (χ1) is 9.49. The summed E-state index contributed by atoms with van der Waals surface area (Å²) in [4.78, 5) is 1.16. The van der Waals surface area contributed by atoms with Crippen molar-refractivity contribution in [3.05, 3.63) is 22.4 Å². The normalized spacial score (nSPS) is 14.0. The van der Waals surface area contributed by atoms with Gasteiger partial charge in [-0.25, -0.2) is 0 Å². The van der Waals surface area contributed by atoms with Crippen molar-refractivity contribution in [2.45, 2.75) is 44.8 Å². The number of nitrogens with one attached hydrogen (secondary N) is 1. The van der Waals surface area contributed by atoms with Crippen LogP contribution in [0.15, 0.2) is 17.5 Å². The van der Waals surface area contributed by atoms with Gasteiger partial charge < -0.3 is 5.32 Å². The van der Waals surface area contributed by atoms with Crippen LogP contribution in [0.2, 0.25) is 0 Å². The standard InChI is InChI=1S/C14H18F3NS2/c1-2-7-18-10(4-3-6-14(15,16)17)12-9-13-11(20-12)5-8-19-13/h5,8-10,18H,2-4,6-7H2,1H3. The van der Waals surface area contributed by atoms with Gasteiger partial charge in [0.25, 0.3) is 0 Å². The summed E-state index contributed by atoms with van der Waals surface area (Å²) in [7, 11) is 0. The van der Waals surface area contributed by atoms with Crippen molar-refractivity contribution in [3.8, 4) is 0 Å². The highest BCUT2D eigenvalue weighted by molar-refractivity contribution is 7.26. The first-order valence-corrected chi connectivity index (χ1v) is 8.46. The maximum Gasteiger partial charge on any atom is 0.389 e. The maximum atomic E-state index is 12.3. The molecule has 0 fully saturated rings. The lowest BCUT2D eigenvalue weighted by molar-refractivity contribution is -0.135. The van der Waals surface area contributed by atoms with E-state index in [9.17, 15) is 13.2 Å². The molecule has 1 nitrogen and oxygen atoms in total. The van der Waals surface area contributed by atoms with E-state index in [1.54, 1.807) is 22.7 Å². The van der Waals surface area contributed by atoms with E-state index in [0.717, 1.165) is 17.8 Å². The Hall–Kier alpha value is -0.590. The van der Waals surface area contributed by atoms with Crippen LogP contribution in [0.3, 0.4) is 0 Å². The molecule has 0 aliphatic heterocycles. The van der Waals surface area contributed by atoms with Gasteiger partial charge in [0.1, 0.15) is 0 Å². The predicted octanol–water partition coefficient (Wildman–Crippen LogP) is 5.74. The van der Waals surface area contributed by atoms with Crippen LogP contribution in [0, 0.1) is 0 Å². The van der Waals surface area contributed by atoms with Crippen LogP contribution in [-0.2, 0) is 0 Å². The summed E-state index contributed by atoms with van der Waals surface area (Å²) in [5.74, 6) is 0. The number of halogens is 3. The smallest absolute Gasteiger partial charge is 0.309 e. The van der Waals surface area contributed by atoms with Gasteiger partial charge in [-0.3, -0.25) is 0 Å². The molecule has 1 unspecified atom stereocenters. The van der Waals surface area contributed by atoms with Crippen LogP contribution in [0.25, 0.3) is 9.40 Å². The van der Waals surface area contributed by atoms with Crippen molar-refractivity contribution in [1.29, 1.82) is 0 Å². The third-order valence-electron chi connectivity index (χ3n) is 3.10. The molecule has 2 aromatic heterocycles. The molecule has 0 spiro atoms. The largest absolute Gasteiger partial charge is 0.389 e. The molecule has 1 N–H and O–H groups in total. The number of alkyl halides is 3. The molecule has 0 radical (unpaired) electrons. The first kappa shape index (κ1) is 15.8. The van der Waals surface area contributed by atoms with Gasteiger partial charge in [-0.15, -0.1) is 22.7 Å². The monoisotopic (exact) mass is 321 g/mol. The zero-order valence-corrected chi connectivity index (χ0v) is 12.9. The summed E-state index contributed by atoms with van der Waals surface area (Å²) in [6.07, 6.45) is -3.05. The fourth-order valence-electron chi connectivity index (χ4n) is 2.13. The lowest BCUT2D eigenvalue weighted by atomic mass is 10.1. The Bertz CT molecular complexity index is 501. The highest BCUT2D eigenvalue weighted by Gasteiger charge is 2.27. The average Bonchev–Trinajstić information content (AvgIpc) is 2.92. The third kappa shape index (κ3) is 4.46. The number of fused-ring (bicyclic) bond motifs is 1. The Morgan fingerprint density at radius 2 is 2.10 bits per heavy atom. The molecule has 2 aromatic rings. The molecule has 6 heteroatoms. The van der Waals surface area contributed by atoms with Crippen molar-refractivity contribution in [2.75, 3.05) is 6.54 Å². The van der Waals surface area contributed by atoms with Crippen LogP contribution in [-0.4, -0.2) is 12.7 Å². The van der Waals surface area contributed by atoms with E-state index >= 15 is 0 Å². The zero-order valence-electron chi connectivity index (χ0n) is 11.3. The fraction of sp³-hybridized carbons (Fsp3) is 0.571. The van der Waals surface area contributed by atoms with Crippen molar-refractivity contribution >= 4 is 32.1 Å². The van der Waals surface area contributed by atoms with Gasteiger partial charge in [0, 0.05) is 26.7 Å². The van der Waals surface area contributed by atoms with E-state index in [1.807, 2.05) is 5.38 Å². The van der Waals surface area contributed by atoms with Gasteiger partial charge in [0.2, 0.25) is 0 Å². The number of rotatable bonds is 7. The molecule has 20 heavy (non-hydrogen) atoms. The van der Waals surface area contributed by atoms with Crippen LogP contribution < -0.4 is 5.32 Å². The second-order valence-electron chi connectivity index (χ2n) is 4.81. The molecule has 0 saturated heterocycles. The van der Waals surface area contributed by atoms with Crippen LogP contribution >= 0.6 is 22.7 Å². The van der Waals surface area contributed by atoms with Crippen LogP contribution in [0.5, 0.6) is 0 Å². The summed E-state index contributed by atoms with van der Waals surface area (Å²) >= 11 is 3.37. The van der Waals surface area contributed by atoms with E-state index in [-0.39, 0.29) is 12.5 Å². The minimum atomic E-state index is -4.05. The van der Waals surface area contributed by atoms with Gasteiger partial charge >= 0.3 is 6.18 Å². The van der Waals surface area contributed by atoms with E-state index in [2.05, 4.69) is 24.4 Å². The lowest BCUT2D eigenvalue weighted by Gasteiger charge is -2.17. The molecule has 112 valence electrons. The topological polar surface area (TPSA) is 12.0 Å². The Morgan fingerprint density at radius 1 is 1.30 bits per heavy atom. The quantitative estimate of drug-likeness (QED) is 0.686. The van der Waals surface area contributed by atoms with Gasteiger partial charge in [0.15, 0.2) is 0 Å². The first-order valence-electron chi connectivity index (χ1n) is 6.76. The summed E-state index contributed by atoms with van der Waals surface area (Å²) < 4.78 is 39.2. The molecule has 0 amide bonds. The van der Waals surface area contributed by atoms with Crippen LogP contribution in [0.1, 0.15) is 43.5 Å².